The van der Waals surface area contributed by atoms with E-state index in [9.17, 15) is 26.3 Å². The maximum absolute atomic E-state index is 14.8. The van der Waals surface area contributed by atoms with Crippen LogP contribution >= 0.6 is 0 Å². The average molecular weight is 675 g/mol. The van der Waals surface area contributed by atoms with Gasteiger partial charge in [-0.15, -0.1) is 0 Å². The van der Waals surface area contributed by atoms with Crippen molar-refractivity contribution < 1.29 is 26.3 Å². The SMILES string of the molecule is N[C@H](CN1Cc2c(-c3cc(F)c(F)c(F)c3)cc3ccccc3c2-c2c(c(-c3cc(F)c(F)c(F)c3)cc3ccccc23)C1)c1ccccc1. The van der Waals surface area contributed by atoms with Crippen molar-refractivity contribution in [2.75, 3.05) is 6.54 Å². The Labute approximate surface area is 284 Å². The lowest BCUT2D eigenvalue weighted by Gasteiger charge is -2.27. The van der Waals surface area contributed by atoms with E-state index in [0.29, 0.717) is 28.8 Å². The Morgan fingerprint density at radius 3 is 1.36 bits per heavy atom. The molecule has 1 heterocycles. The van der Waals surface area contributed by atoms with Gasteiger partial charge >= 0.3 is 0 Å². The van der Waals surface area contributed by atoms with Crippen LogP contribution in [0, 0.1) is 34.9 Å². The number of hydrogen-bond donors (Lipinski definition) is 1. The van der Waals surface area contributed by atoms with E-state index in [2.05, 4.69) is 4.90 Å². The molecule has 0 saturated heterocycles. The van der Waals surface area contributed by atoms with E-state index in [0.717, 1.165) is 62.5 Å². The normalized spacial score (nSPS) is 13.7. The number of hydrogen-bond acceptors (Lipinski definition) is 2. The summed E-state index contributed by atoms with van der Waals surface area (Å²) in [5.74, 6) is -8.37. The topological polar surface area (TPSA) is 29.3 Å². The number of benzene rings is 7. The molecule has 1 aliphatic heterocycles. The van der Waals surface area contributed by atoms with Gasteiger partial charge in [0.1, 0.15) is 0 Å². The molecule has 0 fully saturated rings. The number of nitrogens with two attached hydrogens (primary N) is 1. The maximum Gasteiger partial charge on any atom is 0.194 e. The molecule has 0 aliphatic carbocycles. The van der Waals surface area contributed by atoms with Crippen molar-refractivity contribution in [3.63, 3.8) is 0 Å². The van der Waals surface area contributed by atoms with E-state index >= 15 is 0 Å². The second-order valence-electron chi connectivity index (χ2n) is 12.7. The van der Waals surface area contributed by atoms with Gasteiger partial charge in [0, 0.05) is 25.7 Å². The van der Waals surface area contributed by atoms with E-state index < -0.39 is 40.9 Å². The van der Waals surface area contributed by atoms with E-state index in [1.165, 1.54) is 0 Å². The van der Waals surface area contributed by atoms with Crippen LogP contribution in [0.1, 0.15) is 22.7 Å². The molecule has 2 N–H and O–H groups in total. The monoisotopic (exact) mass is 674 g/mol. The molecule has 1 atom stereocenters. The van der Waals surface area contributed by atoms with Crippen LogP contribution in [0.2, 0.25) is 0 Å². The fourth-order valence-corrected chi connectivity index (χ4v) is 7.33. The molecule has 7 aromatic rings. The highest BCUT2D eigenvalue weighted by atomic mass is 19.2. The second-order valence-corrected chi connectivity index (χ2v) is 12.7. The van der Waals surface area contributed by atoms with Crippen LogP contribution < -0.4 is 5.73 Å². The summed E-state index contributed by atoms with van der Waals surface area (Å²) >= 11 is 0. The van der Waals surface area contributed by atoms with Crippen LogP contribution in [0.5, 0.6) is 0 Å². The Balaban J connectivity index is 1.49. The molecule has 0 saturated carbocycles. The van der Waals surface area contributed by atoms with Crippen molar-refractivity contribution in [2.24, 2.45) is 5.73 Å². The van der Waals surface area contributed by atoms with Gasteiger partial charge in [0.25, 0.3) is 0 Å². The molecule has 0 radical (unpaired) electrons. The predicted molar refractivity (Wildman–Crippen MR) is 185 cm³/mol. The molecule has 1 aliphatic rings. The van der Waals surface area contributed by atoms with Crippen molar-refractivity contribution >= 4 is 21.5 Å². The molecule has 50 heavy (non-hydrogen) atoms. The standard InChI is InChI=1S/C42H28F6N2/c43-34-16-26(17-35(44)41(34)47)30-14-24-10-4-6-12-28(24)39-32(30)20-50(22-38(49)23-8-2-1-3-9-23)21-33-31(27-18-36(45)42(48)37(46)19-27)15-25-11-5-7-13-29(25)40(33)39/h1-19,38H,20-22,49H2/t38-/m1/s1. The molecular formula is C42H28F6N2. The second kappa shape index (κ2) is 12.5. The first-order valence-electron chi connectivity index (χ1n) is 16.1. The van der Waals surface area contributed by atoms with E-state index in [1.807, 2.05) is 91.0 Å². The number of rotatable bonds is 5. The van der Waals surface area contributed by atoms with Crippen LogP contribution in [0.4, 0.5) is 26.3 Å². The third kappa shape index (κ3) is 5.41. The molecule has 0 spiro atoms. The highest BCUT2D eigenvalue weighted by Gasteiger charge is 2.30. The Hall–Kier alpha value is -5.44. The van der Waals surface area contributed by atoms with Crippen LogP contribution in [-0.4, -0.2) is 11.4 Å². The van der Waals surface area contributed by atoms with Crippen molar-refractivity contribution in [1.29, 1.82) is 0 Å². The van der Waals surface area contributed by atoms with Crippen molar-refractivity contribution in [3.8, 4) is 33.4 Å². The Bertz CT molecular complexity index is 2270. The summed E-state index contributed by atoms with van der Waals surface area (Å²) in [4.78, 5) is 2.09. The smallest absolute Gasteiger partial charge is 0.194 e. The van der Waals surface area contributed by atoms with Crippen LogP contribution in [-0.2, 0) is 13.1 Å². The lowest BCUT2D eigenvalue weighted by molar-refractivity contribution is 0.244. The van der Waals surface area contributed by atoms with Gasteiger partial charge in [-0.1, -0.05) is 78.9 Å². The van der Waals surface area contributed by atoms with E-state index in [1.54, 1.807) is 0 Å². The first-order valence-corrected chi connectivity index (χ1v) is 16.1. The minimum Gasteiger partial charge on any atom is -0.323 e. The largest absolute Gasteiger partial charge is 0.323 e. The summed E-state index contributed by atoms with van der Waals surface area (Å²) in [7, 11) is 0. The zero-order valence-electron chi connectivity index (χ0n) is 26.5. The van der Waals surface area contributed by atoms with E-state index in [-0.39, 0.29) is 24.2 Å². The third-order valence-corrected chi connectivity index (χ3v) is 9.60. The Morgan fingerprint density at radius 1 is 0.520 bits per heavy atom. The van der Waals surface area contributed by atoms with Crippen LogP contribution in [0.3, 0.4) is 0 Å². The first-order chi connectivity index (χ1) is 24.2. The molecule has 2 nitrogen and oxygen atoms in total. The highest BCUT2D eigenvalue weighted by Crippen LogP contribution is 2.49. The molecule has 8 rings (SSSR count). The van der Waals surface area contributed by atoms with Crippen LogP contribution in [0.15, 0.2) is 115 Å². The molecule has 8 heteroatoms. The van der Waals surface area contributed by atoms with Gasteiger partial charge in [-0.3, -0.25) is 4.90 Å². The van der Waals surface area contributed by atoms with Crippen molar-refractivity contribution in [3.05, 3.63) is 167 Å². The summed E-state index contributed by atoms with van der Waals surface area (Å²) < 4.78 is 87.9. The van der Waals surface area contributed by atoms with Gasteiger partial charge in [0.05, 0.1) is 0 Å². The summed E-state index contributed by atoms with van der Waals surface area (Å²) in [6.07, 6.45) is 0. The summed E-state index contributed by atoms with van der Waals surface area (Å²) in [5.41, 5.74) is 11.9. The zero-order chi connectivity index (χ0) is 34.7. The number of halogens is 6. The average Bonchev–Trinajstić information content (AvgIpc) is 3.29. The highest BCUT2D eigenvalue weighted by molar-refractivity contribution is 6.12. The molecule has 0 aromatic heterocycles. The first kappa shape index (κ1) is 31.8. The predicted octanol–water partition coefficient (Wildman–Crippen LogP) is 10.8. The zero-order valence-corrected chi connectivity index (χ0v) is 26.5. The fraction of sp³-hybridized carbons (Fsp3) is 0.0952. The molecule has 248 valence electrons. The fourth-order valence-electron chi connectivity index (χ4n) is 7.33. The van der Waals surface area contributed by atoms with Gasteiger partial charge in [-0.2, -0.15) is 0 Å². The lowest BCUT2D eigenvalue weighted by atomic mass is 9.82. The maximum atomic E-state index is 14.8. The van der Waals surface area contributed by atoms with Crippen molar-refractivity contribution in [2.45, 2.75) is 19.1 Å². The van der Waals surface area contributed by atoms with Crippen LogP contribution in [0.25, 0.3) is 54.9 Å². The minimum absolute atomic E-state index is 0.155. The number of fused-ring (bicyclic) bond motifs is 7. The lowest BCUT2D eigenvalue weighted by Crippen LogP contribution is -2.31. The summed E-state index contributed by atoms with van der Waals surface area (Å²) in [6, 6.07) is 31.9. The quantitative estimate of drug-likeness (QED) is 0.145. The summed E-state index contributed by atoms with van der Waals surface area (Å²) in [6.45, 7) is 0.843. The molecular weight excluding hydrogens is 646 g/mol. The molecule has 7 aromatic carbocycles. The molecule has 0 bridgehead atoms. The summed E-state index contributed by atoms with van der Waals surface area (Å²) in [5, 5.41) is 3.20. The molecule has 0 amide bonds. The third-order valence-electron chi connectivity index (χ3n) is 9.60. The van der Waals surface area contributed by atoms with E-state index in [4.69, 9.17) is 5.73 Å². The van der Waals surface area contributed by atoms with Gasteiger partial charge < -0.3 is 5.73 Å². The Morgan fingerprint density at radius 2 is 0.920 bits per heavy atom. The van der Waals surface area contributed by atoms with Crippen molar-refractivity contribution in [1.82, 2.24) is 4.90 Å². The van der Waals surface area contributed by atoms with Gasteiger partial charge in [-0.05, 0) is 108 Å². The minimum atomic E-state index is -1.56. The Kier molecular flexibility index (Phi) is 7.93. The van der Waals surface area contributed by atoms with Gasteiger partial charge in [-0.25, -0.2) is 26.3 Å². The van der Waals surface area contributed by atoms with Gasteiger partial charge in [0.15, 0.2) is 34.9 Å². The molecule has 0 unspecified atom stereocenters. The van der Waals surface area contributed by atoms with Gasteiger partial charge in [0.2, 0.25) is 0 Å². The number of nitrogens with zero attached hydrogens (tertiary/aromatic N) is 1.